The number of ether oxygens (including phenoxy) is 1. The highest BCUT2D eigenvalue weighted by Gasteiger charge is 2.22. The molecular formula is C23H20IN3O3. The van der Waals surface area contributed by atoms with E-state index in [0.717, 1.165) is 21.9 Å². The summed E-state index contributed by atoms with van der Waals surface area (Å²) in [5.41, 5.74) is 14.3. The number of para-hydroxylation sites is 2. The molecule has 4 rings (SSSR count). The highest BCUT2D eigenvalue weighted by Crippen LogP contribution is 2.37. The molecule has 0 fully saturated rings. The van der Waals surface area contributed by atoms with Gasteiger partial charge in [-0.2, -0.15) is 0 Å². The van der Waals surface area contributed by atoms with Crippen LogP contribution in [0.15, 0.2) is 65.5 Å². The van der Waals surface area contributed by atoms with Gasteiger partial charge in [0.2, 0.25) is 0 Å². The van der Waals surface area contributed by atoms with Crippen molar-refractivity contribution in [1.82, 2.24) is 4.57 Å². The Labute approximate surface area is 186 Å². The zero-order valence-corrected chi connectivity index (χ0v) is 18.4. The normalized spacial score (nSPS) is 12.2. The van der Waals surface area contributed by atoms with Crippen LogP contribution in [0.1, 0.15) is 15.2 Å². The number of anilines is 1. The molecule has 1 unspecified atom stereocenters. The Kier molecular flexibility index (Phi) is 5.38. The van der Waals surface area contributed by atoms with Crippen LogP contribution in [0.5, 0.6) is 5.75 Å². The number of primary amides is 1. The summed E-state index contributed by atoms with van der Waals surface area (Å²) in [5, 5.41) is 2.44. The second-order valence-electron chi connectivity index (χ2n) is 7.04. The Bertz CT molecular complexity index is 1350. The number of fused-ring (bicyclic) bond motifs is 3. The third kappa shape index (κ3) is 3.39. The van der Waals surface area contributed by atoms with Gasteiger partial charge in [0.05, 0.1) is 16.6 Å². The number of hydrogen-bond donors (Lipinski definition) is 2. The third-order valence-corrected chi connectivity index (χ3v) is 6.30. The fourth-order valence-corrected chi connectivity index (χ4v) is 4.80. The first-order valence-electron chi connectivity index (χ1n) is 9.36. The van der Waals surface area contributed by atoms with Crippen molar-refractivity contribution in [3.63, 3.8) is 0 Å². The van der Waals surface area contributed by atoms with Crippen LogP contribution >= 0.6 is 22.6 Å². The highest BCUT2D eigenvalue weighted by molar-refractivity contribution is 14.1. The van der Waals surface area contributed by atoms with Gasteiger partial charge in [0, 0.05) is 10.9 Å². The minimum absolute atomic E-state index is 0.127. The number of aromatic nitrogens is 1. The van der Waals surface area contributed by atoms with Crippen LogP contribution in [0.2, 0.25) is 0 Å². The molecule has 0 aliphatic rings. The number of pyridine rings is 1. The maximum absolute atomic E-state index is 13.7. The molecule has 152 valence electrons. The summed E-state index contributed by atoms with van der Waals surface area (Å²) >= 11 is 2.20. The van der Waals surface area contributed by atoms with Crippen molar-refractivity contribution in [2.75, 3.05) is 12.3 Å². The monoisotopic (exact) mass is 513 g/mol. The number of nitrogens with zero attached hydrogens (tertiary/aromatic N) is 1. The van der Waals surface area contributed by atoms with E-state index < -0.39 is 9.96 Å². The molecular weight excluding hydrogens is 493 g/mol. The Morgan fingerprint density at radius 2 is 1.77 bits per heavy atom. The van der Waals surface area contributed by atoms with Gasteiger partial charge in [-0.15, -0.1) is 0 Å². The van der Waals surface area contributed by atoms with Crippen molar-refractivity contribution in [1.29, 1.82) is 0 Å². The molecule has 1 atom stereocenters. The molecule has 1 amide bonds. The molecule has 0 aliphatic carbocycles. The number of rotatable bonds is 5. The van der Waals surface area contributed by atoms with Crippen LogP contribution < -0.4 is 21.8 Å². The number of carbonyl (C=O) groups is 1. The van der Waals surface area contributed by atoms with E-state index in [1.165, 1.54) is 0 Å². The first kappa shape index (κ1) is 20.2. The van der Waals surface area contributed by atoms with Crippen LogP contribution in [-0.4, -0.2) is 17.1 Å². The average molecular weight is 513 g/mol. The van der Waals surface area contributed by atoms with Crippen LogP contribution in [0, 0.1) is 6.92 Å². The standard InChI is InChI=1S/C23H20IN3O3/c1-13-6-4-8-14-15-9-5-10-17(25)21(15)27(23(29)20(13)14)22(24)16-7-2-3-11-18(16)30-12-19(26)28/h2-11,22H,12,25H2,1H3,(H2,26,28). The molecule has 6 nitrogen and oxygen atoms in total. The van der Waals surface area contributed by atoms with Crippen molar-refractivity contribution < 1.29 is 9.53 Å². The molecule has 3 aromatic carbocycles. The summed E-state index contributed by atoms with van der Waals surface area (Å²) in [5.74, 6) is -0.0712. The van der Waals surface area contributed by atoms with Gasteiger partial charge in [-0.25, -0.2) is 0 Å². The minimum Gasteiger partial charge on any atom is -0.483 e. The van der Waals surface area contributed by atoms with Crippen LogP contribution in [0.25, 0.3) is 21.7 Å². The molecule has 0 radical (unpaired) electrons. The van der Waals surface area contributed by atoms with E-state index in [1.54, 1.807) is 16.7 Å². The van der Waals surface area contributed by atoms with E-state index in [-0.39, 0.29) is 12.2 Å². The number of nitrogen functional groups attached to an aromatic ring is 1. The molecule has 30 heavy (non-hydrogen) atoms. The maximum atomic E-state index is 13.7. The van der Waals surface area contributed by atoms with Gasteiger partial charge in [0.1, 0.15) is 9.80 Å². The predicted molar refractivity (Wildman–Crippen MR) is 128 cm³/mol. The molecule has 0 saturated carbocycles. The Morgan fingerprint density at radius 1 is 1.07 bits per heavy atom. The summed E-state index contributed by atoms with van der Waals surface area (Å²) in [6.07, 6.45) is 0. The second-order valence-corrected chi connectivity index (χ2v) is 8.22. The molecule has 0 spiro atoms. The number of alkyl halides is 1. The van der Waals surface area contributed by atoms with Gasteiger partial charge in [0.25, 0.3) is 11.5 Å². The van der Waals surface area contributed by atoms with E-state index in [0.29, 0.717) is 22.3 Å². The van der Waals surface area contributed by atoms with E-state index >= 15 is 0 Å². The number of hydrogen-bond acceptors (Lipinski definition) is 4. The van der Waals surface area contributed by atoms with E-state index in [1.807, 2.05) is 55.5 Å². The lowest BCUT2D eigenvalue weighted by Gasteiger charge is -2.22. The van der Waals surface area contributed by atoms with Crippen molar-refractivity contribution >= 4 is 55.9 Å². The van der Waals surface area contributed by atoms with E-state index in [4.69, 9.17) is 16.2 Å². The van der Waals surface area contributed by atoms with Crippen LogP contribution in [-0.2, 0) is 4.79 Å². The number of aryl methyl sites for hydroxylation is 1. The molecule has 7 heteroatoms. The second kappa shape index (κ2) is 7.98. The zero-order chi connectivity index (χ0) is 21.4. The Morgan fingerprint density at radius 3 is 2.53 bits per heavy atom. The molecule has 4 aromatic rings. The summed E-state index contributed by atoms with van der Waals surface area (Å²) < 4.78 is 6.89. The molecule has 1 aromatic heterocycles. The average Bonchev–Trinajstić information content (AvgIpc) is 2.73. The smallest absolute Gasteiger partial charge is 0.260 e. The Hall–Kier alpha value is -3.07. The van der Waals surface area contributed by atoms with Gasteiger partial charge in [-0.05, 0) is 30.0 Å². The number of nitrogens with two attached hydrogens (primary N) is 2. The predicted octanol–water partition coefficient (Wildman–Crippen LogP) is 3.89. The first-order chi connectivity index (χ1) is 14.4. The molecule has 1 heterocycles. The topological polar surface area (TPSA) is 100 Å². The third-order valence-electron chi connectivity index (χ3n) is 5.08. The van der Waals surface area contributed by atoms with Gasteiger partial charge in [-0.1, -0.05) is 71.1 Å². The number of benzene rings is 3. The quantitative estimate of drug-likeness (QED) is 0.183. The van der Waals surface area contributed by atoms with Crippen molar-refractivity contribution in [3.05, 3.63) is 82.1 Å². The van der Waals surface area contributed by atoms with Gasteiger partial charge in [0.15, 0.2) is 6.61 Å². The maximum Gasteiger partial charge on any atom is 0.260 e. The number of halogens is 1. The van der Waals surface area contributed by atoms with Crippen molar-refractivity contribution in [3.8, 4) is 5.75 Å². The Balaban J connectivity index is 2.04. The molecule has 0 aliphatic heterocycles. The SMILES string of the molecule is Cc1cccc2c1c(=O)n(C(I)c1ccccc1OCC(N)=O)c1c(N)cccc21. The minimum atomic E-state index is -0.567. The fourth-order valence-electron chi connectivity index (χ4n) is 3.76. The number of amides is 1. The van der Waals surface area contributed by atoms with Gasteiger partial charge >= 0.3 is 0 Å². The van der Waals surface area contributed by atoms with Crippen LogP contribution in [0.3, 0.4) is 0 Å². The van der Waals surface area contributed by atoms with E-state index in [9.17, 15) is 9.59 Å². The molecule has 4 N–H and O–H groups in total. The highest BCUT2D eigenvalue weighted by atomic mass is 127. The summed E-state index contributed by atoms with van der Waals surface area (Å²) in [7, 11) is 0. The molecule has 0 bridgehead atoms. The number of carbonyl (C=O) groups excluding carboxylic acids is 1. The van der Waals surface area contributed by atoms with Gasteiger partial charge in [-0.3, -0.25) is 14.2 Å². The fraction of sp³-hybridized carbons (Fsp3) is 0.130. The van der Waals surface area contributed by atoms with Crippen LogP contribution in [0.4, 0.5) is 5.69 Å². The largest absolute Gasteiger partial charge is 0.483 e. The first-order valence-corrected chi connectivity index (χ1v) is 10.6. The van der Waals surface area contributed by atoms with Crippen molar-refractivity contribution in [2.24, 2.45) is 5.73 Å². The zero-order valence-electron chi connectivity index (χ0n) is 16.3. The summed E-state index contributed by atoms with van der Waals surface area (Å²) in [6.45, 7) is 1.69. The summed E-state index contributed by atoms with van der Waals surface area (Å²) in [6, 6.07) is 18.8. The summed E-state index contributed by atoms with van der Waals surface area (Å²) in [4.78, 5) is 24.9. The van der Waals surface area contributed by atoms with Gasteiger partial charge < -0.3 is 16.2 Å². The molecule has 0 saturated heterocycles. The lowest BCUT2D eigenvalue weighted by atomic mass is 10.0. The van der Waals surface area contributed by atoms with Crippen molar-refractivity contribution in [2.45, 2.75) is 11.0 Å². The lowest BCUT2D eigenvalue weighted by molar-refractivity contribution is -0.119. The lowest BCUT2D eigenvalue weighted by Crippen LogP contribution is -2.25. The van der Waals surface area contributed by atoms with E-state index in [2.05, 4.69) is 22.6 Å².